The van der Waals surface area contributed by atoms with E-state index in [0.29, 0.717) is 11.8 Å². The van der Waals surface area contributed by atoms with Crippen LogP contribution in [0.3, 0.4) is 0 Å². The van der Waals surface area contributed by atoms with Crippen LogP contribution in [0.5, 0.6) is 0 Å². The van der Waals surface area contributed by atoms with Crippen LogP contribution in [0.4, 0.5) is 17.1 Å². The summed E-state index contributed by atoms with van der Waals surface area (Å²) in [6, 6.07) is 39.3. The molecule has 2 heteroatoms. The maximum Gasteiger partial charge on any atom is 0.0991 e. The Balaban J connectivity index is 1.26. The molecule has 4 saturated carbocycles. The highest BCUT2D eigenvalue weighted by molar-refractivity contribution is 5.97. The molecule has 236 valence electrons. The molecule has 4 fully saturated rings. The van der Waals surface area contributed by atoms with Gasteiger partial charge in [0.15, 0.2) is 0 Å². The molecule has 1 spiro atoms. The first-order valence-electron chi connectivity index (χ1n) is 18.1. The average Bonchev–Trinajstić information content (AvgIpc) is 3.51. The topological polar surface area (TPSA) is 27.0 Å². The van der Waals surface area contributed by atoms with E-state index in [1.807, 2.05) is 0 Å². The fourth-order valence-corrected chi connectivity index (χ4v) is 12.0. The summed E-state index contributed by atoms with van der Waals surface area (Å²) < 4.78 is 0. The van der Waals surface area contributed by atoms with Gasteiger partial charge in [0.05, 0.1) is 23.0 Å². The maximum atomic E-state index is 9.91. The number of nitrogens with zero attached hydrogens (tertiary/aromatic N) is 2. The zero-order chi connectivity index (χ0) is 32.5. The minimum atomic E-state index is -0.0909. The minimum absolute atomic E-state index is 0.0909. The highest BCUT2D eigenvalue weighted by Crippen LogP contribution is 2.69. The Morgan fingerprint density at radius 1 is 0.625 bits per heavy atom. The van der Waals surface area contributed by atoms with E-state index in [-0.39, 0.29) is 10.8 Å². The van der Waals surface area contributed by atoms with Crippen LogP contribution in [-0.2, 0) is 10.8 Å². The van der Waals surface area contributed by atoms with Crippen LogP contribution < -0.4 is 4.90 Å². The lowest BCUT2D eigenvalue weighted by Crippen LogP contribution is -2.55. The third kappa shape index (κ3) is 3.53. The lowest BCUT2D eigenvalue weighted by atomic mass is 9.43. The van der Waals surface area contributed by atoms with E-state index >= 15 is 0 Å². The molecule has 0 aliphatic heterocycles. The van der Waals surface area contributed by atoms with E-state index in [0.717, 1.165) is 28.5 Å². The maximum absolute atomic E-state index is 9.91. The summed E-state index contributed by atoms with van der Waals surface area (Å²) in [5.41, 5.74) is 18.1. The first-order valence-corrected chi connectivity index (χ1v) is 18.1. The predicted molar refractivity (Wildman–Crippen MR) is 196 cm³/mol. The molecule has 0 N–H and O–H groups in total. The summed E-state index contributed by atoms with van der Waals surface area (Å²) in [5, 5.41) is 9.91. The first kappa shape index (κ1) is 28.4. The lowest BCUT2D eigenvalue weighted by molar-refractivity contribution is -0.0399. The summed E-state index contributed by atoms with van der Waals surface area (Å²) in [5.74, 6) is 3.25. The normalized spacial score (nSPS) is 26.1. The van der Waals surface area contributed by atoms with Crippen molar-refractivity contribution in [1.82, 2.24) is 0 Å². The standard InChI is InChI=1S/C46H42N2/c1-27-18-31(26-47)19-28(2)44(27)48(42-15-9-14-40-43(42)37-11-6-7-12-38(37)45(40,3)4)34-16-17-36-35-10-5-8-13-39(35)46(41(36)25-34)32-21-29-20-30(23-32)24-33(46)22-29/h5-19,25,29-30,32-33H,20-24H2,1-4H3. The lowest BCUT2D eigenvalue weighted by Gasteiger charge is -2.61. The molecule has 0 unspecified atom stereocenters. The molecule has 0 aromatic heterocycles. The average molecular weight is 623 g/mol. The van der Waals surface area contributed by atoms with Crippen molar-refractivity contribution in [3.8, 4) is 28.3 Å². The summed E-state index contributed by atoms with van der Waals surface area (Å²) >= 11 is 0. The Kier molecular flexibility index (Phi) is 5.76. The van der Waals surface area contributed by atoms with Gasteiger partial charge in [0, 0.05) is 22.1 Å². The predicted octanol–water partition coefficient (Wildman–Crippen LogP) is 11.7. The zero-order valence-electron chi connectivity index (χ0n) is 28.5. The SMILES string of the molecule is Cc1cc(C#N)cc(C)c1N(c1ccc2c(c1)C1(c3ccccc3-2)C2CC3CC(C2)CC1C3)c1cccc2c1-c1ccccc1C2(C)C. The molecule has 5 aromatic rings. The van der Waals surface area contributed by atoms with Crippen molar-refractivity contribution in [3.63, 3.8) is 0 Å². The molecule has 0 heterocycles. The molecule has 0 atom stereocenters. The Labute approximate surface area is 285 Å². The number of rotatable bonds is 3. The largest absolute Gasteiger partial charge is 0.309 e. The van der Waals surface area contributed by atoms with Gasteiger partial charge in [-0.25, -0.2) is 0 Å². The summed E-state index contributed by atoms with van der Waals surface area (Å²) in [6.45, 7) is 9.10. The molecule has 0 radical (unpaired) electrons. The molecule has 48 heavy (non-hydrogen) atoms. The van der Waals surface area contributed by atoms with Crippen LogP contribution in [0.15, 0.2) is 97.1 Å². The fourth-order valence-electron chi connectivity index (χ4n) is 12.0. The molecule has 0 saturated heterocycles. The van der Waals surface area contributed by atoms with Gasteiger partial charge in [0.2, 0.25) is 0 Å². The second kappa shape index (κ2) is 9.73. The number of benzene rings is 5. The Hall–Kier alpha value is -4.61. The molecular formula is C46H42N2. The van der Waals surface area contributed by atoms with E-state index in [1.165, 1.54) is 82.5 Å². The van der Waals surface area contributed by atoms with Gasteiger partial charge in [-0.3, -0.25) is 0 Å². The van der Waals surface area contributed by atoms with Crippen molar-refractivity contribution in [2.24, 2.45) is 23.7 Å². The van der Waals surface area contributed by atoms with Gasteiger partial charge in [0.1, 0.15) is 0 Å². The second-order valence-corrected chi connectivity index (χ2v) is 16.2. The van der Waals surface area contributed by atoms with E-state index in [9.17, 15) is 5.26 Å². The van der Waals surface area contributed by atoms with Gasteiger partial charge in [-0.1, -0.05) is 80.6 Å². The number of nitriles is 1. The van der Waals surface area contributed by atoms with E-state index < -0.39 is 0 Å². The van der Waals surface area contributed by atoms with Gasteiger partial charge in [0.25, 0.3) is 0 Å². The number of hydrogen-bond acceptors (Lipinski definition) is 2. The summed E-state index contributed by atoms with van der Waals surface area (Å²) in [7, 11) is 0. The minimum Gasteiger partial charge on any atom is -0.309 e. The monoisotopic (exact) mass is 622 g/mol. The van der Waals surface area contributed by atoms with Crippen molar-refractivity contribution < 1.29 is 0 Å². The fraction of sp³-hybridized carbons (Fsp3) is 0.326. The van der Waals surface area contributed by atoms with Crippen molar-refractivity contribution in [3.05, 3.63) is 136 Å². The highest BCUT2D eigenvalue weighted by atomic mass is 15.2. The van der Waals surface area contributed by atoms with Gasteiger partial charge >= 0.3 is 0 Å². The third-order valence-electron chi connectivity index (χ3n) is 13.5. The van der Waals surface area contributed by atoms with Crippen LogP contribution in [0.25, 0.3) is 22.3 Å². The van der Waals surface area contributed by atoms with E-state index in [2.05, 4.69) is 136 Å². The van der Waals surface area contributed by atoms with Crippen LogP contribution in [-0.4, -0.2) is 0 Å². The van der Waals surface area contributed by atoms with Crippen LogP contribution in [0.1, 0.15) is 84.9 Å². The van der Waals surface area contributed by atoms with Crippen molar-refractivity contribution in [1.29, 1.82) is 5.26 Å². The third-order valence-corrected chi connectivity index (χ3v) is 13.5. The van der Waals surface area contributed by atoms with Gasteiger partial charge < -0.3 is 4.90 Å². The molecular weight excluding hydrogens is 581 g/mol. The van der Waals surface area contributed by atoms with Gasteiger partial charge in [-0.15, -0.1) is 0 Å². The van der Waals surface area contributed by atoms with E-state index in [1.54, 1.807) is 11.1 Å². The molecule has 6 aliphatic carbocycles. The van der Waals surface area contributed by atoms with Crippen molar-refractivity contribution in [2.75, 3.05) is 4.90 Å². The van der Waals surface area contributed by atoms with Gasteiger partial charge in [-0.05, 0) is 150 Å². The zero-order valence-corrected chi connectivity index (χ0v) is 28.5. The second-order valence-electron chi connectivity index (χ2n) is 16.2. The van der Waals surface area contributed by atoms with Crippen molar-refractivity contribution in [2.45, 2.75) is 70.6 Å². The highest BCUT2D eigenvalue weighted by Gasteiger charge is 2.61. The molecule has 2 nitrogen and oxygen atoms in total. The molecule has 6 aliphatic rings. The molecule has 11 rings (SSSR count). The number of anilines is 3. The molecule has 0 amide bonds. The Bertz CT molecular complexity index is 2180. The van der Waals surface area contributed by atoms with Crippen LogP contribution in [0.2, 0.25) is 0 Å². The Morgan fingerprint density at radius 2 is 1.23 bits per heavy atom. The molecule has 4 bridgehead atoms. The van der Waals surface area contributed by atoms with Crippen LogP contribution >= 0.6 is 0 Å². The summed E-state index contributed by atoms with van der Waals surface area (Å²) in [4.78, 5) is 2.55. The number of aryl methyl sites for hydroxylation is 2. The number of hydrogen-bond donors (Lipinski definition) is 0. The smallest absolute Gasteiger partial charge is 0.0991 e. The number of fused-ring (bicyclic) bond motifs is 6. The quantitative estimate of drug-likeness (QED) is 0.200. The first-order chi connectivity index (χ1) is 23.3. The summed E-state index contributed by atoms with van der Waals surface area (Å²) in [6.07, 6.45) is 6.96. The molecule has 5 aromatic carbocycles. The van der Waals surface area contributed by atoms with E-state index in [4.69, 9.17) is 0 Å². The van der Waals surface area contributed by atoms with Crippen LogP contribution in [0, 0.1) is 48.9 Å². The Morgan fingerprint density at radius 3 is 1.92 bits per heavy atom. The van der Waals surface area contributed by atoms with Gasteiger partial charge in [-0.2, -0.15) is 5.26 Å². The van der Waals surface area contributed by atoms with Crippen molar-refractivity contribution >= 4 is 17.1 Å².